The zero-order valence-electron chi connectivity index (χ0n) is 16.9. The van der Waals surface area contributed by atoms with E-state index >= 15 is 0 Å². The summed E-state index contributed by atoms with van der Waals surface area (Å²) in [4.78, 5) is 12.7. The van der Waals surface area contributed by atoms with Crippen molar-refractivity contribution in [3.63, 3.8) is 0 Å². The minimum Gasteiger partial charge on any atom is -0.345 e. The van der Waals surface area contributed by atoms with Gasteiger partial charge in [0, 0.05) is 23.4 Å². The minimum absolute atomic E-state index is 0.161. The van der Waals surface area contributed by atoms with E-state index in [9.17, 15) is 13.2 Å². The van der Waals surface area contributed by atoms with Gasteiger partial charge in [0.05, 0.1) is 16.6 Å². The molecular formula is C22H24N4O3S. The molecule has 7 nitrogen and oxygen atoms in total. The third kappa shape index (κ3) is 4.01. The monoisotopic (exact) mass is 424 g/mol. The molecule has 0 aliphatic heterocycles. The van der Waals surface area contributed by atoms with E-state index in [-0.39, 0.29) is 23.4 Å². The number of sulfonamides is 1. The zero-order valence-corrected chi connectivity index (χ0v) is 17.7. The first-order chi connectivity index (χ1) is 14.3. The number of nitrogens with one attached hydrogen (secondary N) is 3. The van der Waals surface area contributed by atoms with Crippen LogP contribution in [0, 0.1) is 13.8 Å². The van der Waals surface area contributed by atoms with Crippen molar-refractivity contribution in [2.75, 3.05) is 0 Å². The molecule has 0 saturated heterocycles. The molecule has 0 saturated carbocycles. The second kappa shape index (κ2) is 8.04. The lowest BCUT2D eigenvalue weighted by molar-refractivity contribution is 0.0936. The van der Waals surface area contributed by atoms with Crippen molar-refractivity contribution in [1.82, 2.24) is 20.2 Å². The highest BCUT2D eigenvalue weighted by molar-refractivity contribution is 7.89. The van der Waals surface area contributed by atoms with Gasteiger partial charge in [-0.2, -0.15) is 5.10 Å². The van der Waals surface area contributed by atoms with Gasteiger partial charge in [0.2, 0.25) is 10.0 Å². The molecule has 1 amide bonds. The molecule has 0 radical (unpaired) electrons. The van der Waals surface area contributed by atoms with Gasteiger partial charge in [-0.05, 0) is 62.1 Å². The summed E-state index contributed by atoms with van der Waals surface area (Å²) >= 11 is 0. The Morgan fingerprint density at radius 1 is 1.17 bits per heavy atom. The molecule has 0 spiro atoms. The first-order valence-electron chi connectivity index (χ1n) is 9.84. The lowest BCUT2D eigenvalue weighted by atomic mass is 10.1. The van der Waals surface area contributed by atoms with E-state index in [0.717, 1.165) is 40.9 Å². The Morgan fingerprint density at radius 3 is 2.63 bits per heavy atom. The largest absolute Gasteiger partial charge is 0.345 e. The number of rotatable bonds is 6. The normalized spacial score (nSPS) is 15.7. The fourth-order valence-corrected chi connectivity index (χ4v) is 4.84. The third-order valence-electron chi connectivity index (χ3n) is 5.57. The van der Waals surface area contributed by atoms with Gasteiger partial charge in [0.25, 0.3) is 5.91 Å². The first-order valence-corrected chi connectivity index (χ1v) is 11.3. The quantitative estimate of drug-likeness (QED) is 0.566. The smallest absolute Gasteiger partial charge is 0.251 e. The van der Waals surface area contributed by atoms with Gasteiger partial charge < -0.3 is 5.32 Å². The minimum atomic E-state index is -3.70. The molecule has 1 aliphatic carbocycles. The van der Waals surface area contributed by atoms with Gasteiger partial charge in [-0.1, -0.05) is 24.3 Å². The van der Waals surface area contributed by atoms with Crippen LogP contribution in [0.25, 0.3) is 0 Å². The number of benzene rings is 2. The van der Waals surface area contributed by atoms with Crippen LogP contribution in [0.4, 0.5) is 0 Å². The molecule has 3 N–H and O–H groups in total. The summed E-state index contributed by atoms with van der Waals surface area (Å²) in [5, 5.41) is 9.99. The van der Waals surface area contributed by atoms with Crippen LogP contribution < -0.4 is 10.0 Å². The second-order valence-electron chi connectivity index (χ2n) is 7.53. The van der Waals surface area contributed by atoms with Crippen LogP contribution in [0.5, 0.6) is 0 Å². The number of aryl methyl sites for hydroxylation is 3. The highest BCUT2D eigenvalue weighted by Crippen LogP contribution is 2.33. The molecule has 1 atom stereocenters. The predicted molar refractivity (Wildman–Crippen MR) is 113 cm³/mol. The molecule has 2 aromatic carbocycles. The van der Waals surface area contributed by atoms with Crippen LogP contribution in [-0.4, -0.2) is 24.5 Å². The van der Waals surface area contributed by atoms with Gasteiger partial charge in [-0.3, -0.25) is 9.89 Å². The fraction of sp³-hybridized carbons (Fsp3) is 0.273. The molecule has 3 aromatic rings. The number of carbonyl (C=O) groups excluding carboxylic acids is 1. The Morgan fingerprint density at radius 2 is 1.93 bits per heavy atom. The molecule has 0 fully saturated rings. The SMILES string of the molecule is Cc1n[nH]c(C)c1CNS(=O)(=O)c1ccc2c(c1)[C@@H](NC(=O)c1ccccc1)CC2. The van der Waals surface area contributed by atoms with Gasteiger partial charge >= 0.3 is 0 Å². The Balaban J connectivity index is 1.53. The maximum absolute atomic E-state index is 12.9. The molecule has 8 heteroatoms. The summed E-state index contributed by atoms with van der Waals surface area (Å²) in [6, 6.07) is 13.9. The average Bonchev–Trinajstić information content (AvgIpc) is 3.29. The van der Waals surface area contributed by atoms with Crippen molar-refractivity contribution >= 4 is 15.9 Å². The highest BCUT2D eigenvalue weighted by Gasteiger charge is 2.27. The van der Waals surface area contributed by atoms with Crippen molar-refractivity contribution < 1.29 is 13.2 Å². The number of fused-ring (bicyclic) bond motifs is 1. The van der Waals surface area contributed by atoms with Crippen LogP contribution in [-0.2, 0) is 23.0 Å². The molecule has 30 heavy (non-hydrogen) atoms. The standard InChI is InChI=1S/C22H24N4O3S/c1-14-20(15(2)26-25-14)13-23-30(28,29)18-10-8-16-9-11-21(19(16)12-18)24-22(27)17-6-4-3-5-7-17/h3-8,10,12,21,23H,9,11,13H2,1-2H3,(H,24,27)(H,25,26)/t21-/m0/s1. The van der Waals surface area contributed by atoms with E-state index in [1.165, 1.54) is 0 Å². The van der Waals surface area contributed by atoms with Crippen molar-refractivity contribution in [2.45, 2.75) is 44.2 Å². The lowest BCUT2D eigenvalue weighted by Crippen LogP contribution is -2.27. The van der Waals surface area contributed by atoms with Crippen molar-refractivity contribution in [3.8, 4) is 0 Å². The number of hydrogen-bond acceptors (Lipinski definition) is 4. The van der Waals surface area contributed by atoms with Gasteiger partial charge in [-0.15, -0.1) is 0 Å². The van der Waals surface area contributed by atoms with E-state index in [1.807, 2.05) is 38.1 Å². The van der Waals surface area contributed by atoms with Crippen LogP contribution in [0.3, 0.4) is 0 Å². The van der Waals surface area contributed by atoms with Crippen molar-refractivity contribution in [2.24, 2.45) is 0 Å². The van der Waals surface area contributed by atoms with Crippen molar-refractivity contribution in [1.29, 1.82) is 0 Å². The molecule has 4 rings (SSSR count). The average molecular weight is 425 g/mol. The third-order valence-corrected chi connectivity index (χ3v) is 6.97. The molecule has 0 unspecified atom stereocenters. The maximum atomic E-state index is 12.9. The Labute approximate surface area is 176 Å². The number of aromatic nitrogens is 2. The first kappa shape index (κ1) is 20.3. The zero-order chi connectivity index (χ0) is 21.3. The van der Waals surface area contributed by atoms with Crippen LogP contribution >= 0.6 is 0 Å². The molecule has 1 aliphatic rings. The fourth-order valence-electron chi connectivity index (χ4n) is 3.81. The van der Waals surface area contributed by atoms with E-state index in [2.05, 4.69) is 20.2 Å². The highest BCUT2D eigenvalue weighted by atomic mass is 32.2. The molecule has 1 aromatic heterocycles. The predicted octanol–water partition coefficient (Wildman–Crippen LogP) is 2.92. The lowest BCUT2D eigenvalue weighted by Gasteiger charge is -2.15. The van der Waals surface area contributed by atoms with Gasteiger partial charge in [-0.25, -0.2) is 13.1 Å². The van der Waals surface area contributed by atoms with Gasteiger partial charge in [0.15, 0.2) is 0 Å². The summed E-state index contributed by atoms with van der Waals surface area (Å²) in [5.74, 6) is -0.161. The summed E-state index contributed by atoms with van der Waals surface area (Å²) in [6.45, 7) is 3.86. The van der Waals surface area contributed by atoms with Crippen LogP contribution in [0.2, 0.25) is 0 Å². The van der Waals surface area contributed by atoms with Crippen LogP contribution in [0.15, 0.2) is 53.4 Å². The van der Waals surface area contributed by atoms with Crippen molar-refractivity contribution in [3.05, 3.63) is 82.2 Å². The number of carbonyl (C=O) groups is 1. The number of nitrogens with zero attached hydrogens (tertiary/aromatic N) is 1. The molecular weight excluding hydrogens is 400 g/mol. The second-order valence-corrected chi connectivity index (χ2v) is 9.30. The Bertz CT molecular complexity index is 1170. The van der Waals surface area contributed by atoms with E-state index < -0.39 is 10.0 Å². The topological polar surface area (TPSA) is 104 Å². The maximum Gasteiger partial charge on any atom is 0.251 e. The summed E-state index contributed by atoms with van der Waals surface area (Å²) < 4.78 is 28.4. The summed E-state index contributed by atoms with van der Waals surface area (Å²) in [7, 11) is -3.70. The van der Waals surface area contributed by atoms with E-state index in [1.54, 1.807) is 24.3 Å². The molecule has 156 valence electrons. The number of H-pyrrole nitrogens is 1. The molecule has 0 bridgehead atoms. The Hall–Kier alpha value is -2.97. The molecule has 1 heterocycles. The van der Waals surface area contributed by atoms with E-state index in [0.29, 0.717) is 5.56 Å². The number of aromatic amines is 1. The van der Waals surface area contributed by atoms with Crippen LogP contribution in [0.1, 0.15) is 50.9 Å². The summed E-state index contributed by atoms with van der Waals surface area (Å²) in [5.41, 5.74) is 4.96. The van der Waals surface area contributed by atoms with E-state index in [4.69, 9.17) is 0 Å². The Kier molecular flexibility index (Phi) is 5.44. The number of amides is 1. The number of hydrogen-bond donors (Lipinski definition) is 3. The summed E-state index contributed by atoms with van der Waals surface area (Å²) in [6.07, 6.45) is 1.55. The van der Waals surface area contributed by atoms with Gasteiger partial charge in [0.1, 0.15) is 0 Å².